The molecule has 2 aromatic carbocycles. The van der Waals surface area contributed by atoms with Crippen LogP contribution in [-0.2, 0) is 4.79 Å². The molecule has 0 aliphatic rings. The van der Waals surface area contributed by atoms with Gasteiger partial charge in [0.25, 0.3) is 5.91 Å². The van der Waals surface area contributed by atoms with E-state index in [4.69, 9.17) is 16.0 Å². The van der Waals surface area contributed by atoms with Crippen LogP contribution in [0.25, 0.3) is 6.08 Å². The van der Waals surface area contributed by atoms with Gasteiger partial charge in [0, 0.05) is 21.7 Å². The molecule has 1 N–H and O–H groups in total. The number of anilines is 1. The summed E-state index contributed by atoms with van der Waals surface area (Å²) in [6.07, 6.45) is 1.43. The van der Waals surface area contributed by atoms with E-state index in [1.165, 1.54) is 17.8 Å². The molecule has 0 atom stereocenters. The van der Waals surface area contributed by atoms with Crippen molar-refractivity contribution in [3.05, 3.63) is 80.5 Å². The first-order valence-electron chi connectivity index (χ1n) is 8.59. The average Bonchev–Trinajstić information content (AvgIpc) is 3.04. The molecule has 0 saturated heterocycles. The van der Waals surface area contributed by atoms with Gasteiger partial charge in [-0.25, -0.2) is 0 Å². The number of furan rings is 1. The summed E-state index contributed by atoms with van der Waals surface area (Å²) in [7, 11) is 0. The number of benzene rings is 2. The number of nitrogens with zero attached hydrogens (tertiary/aromatic N) is 1. The third-order valence-electron chi connectivity index (χ3n) is 4.20. The molecule has 7 heteroatoms. The summed E-state index contributed by atoms with van der Waals surface area (Å²) >= 11 is 10.8. The Hall–Kier alpha value is -2.46. The van der Waals surface area contributed by atoms with E-state index in [1.54, 1.807) is 24.3 Å². The fourth-order valence-corrected chi connectivity index (χ4v) is 3.94. The fraction of sp³-hybridized carbons (Fsp3) is 0.0909. The van der Waals surface area contributed by atoms with E-state index in [-0.39, 0.29) is 5.57 Å². The van der Waals surface area contributed by atoms with Crippen LogP contribution in [0.1, 0.15) is 16.9 Å². The highest BCUT2D eigenvalue weighted by atomic mass is 79.9. The molecule has 4 nitrogen and oxygen atoms in total. The van der Waals surface area contributed by atoms with Gasteiger partial charge in [-0.05, 0) is 77.3 Å². The van der Waals surface area contributed by atoms with Crippen LogP contribution >= 0.6 is 39.3 Å². The second kappa shape index (κ2) is 9.36. The number of amides is 1. The van der Waals surface area contributed by atoms with Crippen LogP contribution in [0, 0.1) is 25.2 Å². The van der Waals surface area contributed by atoms with E-state index < -0.39 is 5.91 Å². The number of halogens is 2. The lowest BCUT2D eigenvalue weighted by Gasteiger charge is -2.09. The van der Waals surface area contributed by atoms with Crippen molar-refractivity contribution in [1.29, 1.82) is 5.26 Å². The highest BCUT2D eigenvalue weighted by Crippen LogP contribution is 2.37. The van der Waals surface area contributed by atoms with Gasteiger partial charge in [-0.15, -0.1) is 0 Å². The first-order valence-corrected chi connectivity index (χ1v) is 10.6. The van der Waals surface area contributed by atoms with Gasteiger partial charge in [0.15, 0.2) is 5.09 Å². The van der Waals surface area contributed by atoms with Gasteiger partial charge >= 0.3 is 0 Å². The molecule has 0 saturated carbocycles. The Kier molecular flexibility index (Phi) is 6.86. The number of hydrogen-bond acceptors (Lipinski definition) is 4. The monoisotopic (exact) mass is 486 g/mol. The molecule has 1 aromatic heterocycles. The summed E-state index contributed by atoms with van der Waals surface area (Å²) in [5.74, 6) is -0.0818. The van der Waals surface area contributed by atoms with E-state index in [2.05, 4.69) is 21.2 Å². The quantitative estimate of drug-likeness (QED) is 0.310. The zero-order valence-electron chi connectivity index (χ0n) is 15.6. The molecule has 0 fully saturated rings. The second-order valence-corrected chi connectivity index (χ2v) is 8.55. The average molecular weight is 488 g/mol. The molecule has 3 rings (SSSR count). The van der Waals surface area contributed by atoms with Crippen molar-refractivity contribution < 1.29 is 9.21 Å². The molecule has 29 heavy (non-hydrogen) atoms. The van der Waals surface area contributed by atoms with Crippen molar-refractivity contribution in [3.63, 3.8) is 0 Å². The maximum atomic E-state index is 12.6. The molecule has 0 aliphatic carbocycles. The Labute approximate surface area is 186 Å². The molecule has 0 spiro atoms. The van der Waals surface area contributed by atoms with Crippen molar-refractivity contribution >= 4 is 57.0 Å². The summed E-state index contributed by atoms with van der Waals surface area (Å²) < 4.78 is 6.53. The Bertz CT molecular complexity index is 1130. The van der Waals surface area contributed by atoms with Crippen LogP contribution in [0.5, 0.6) is 0 Å². The SMILES string of the molecule is Cc1cccc(NC(=O)/C(C#N)=C\c2cc(Br)c(Sc3ccc(Cl)cc3)o2)c1C. The van der Waals surface area contributed by atoms with Crippen molar-refractivity contribution in [3.8, 4) is 6.07 Å². The lowest BCUT2D eigenvalue weighted by atomic mass is 10.1. The molecule has 1 heterocycles. The number of carbonyl (C=O) groups excluding carboxylic acids is 1. The van der Waals surface area contributed by atoms with Gasteiger partial charge < -0.3 is 9.73 Å². The van der Waals surface area contributed by atoms with Gasteiger partial charge in [-0.1, -0.05) is 35.5 Å². The zero-order chi connectivity index (χ0) is 21.0. The molecule has 0 bridgehead atoms. The first-order chi connectivity index (χ1) is 13.9. The molecule has 0 radical (unpaired) electrons. The largest absolute Gasteiger partial charge is 0.449 e. The maximum absolute atomic E-state index is 12.6. The molecule has 146 valence electrons. The van der Waals surface area contributed by atoms with Gasteiger partial charge in [-0.3, -0.25) is 4.79 Å². The number of rotatable bonds is 5. The number of nitrogens with one attached hydrogen (secondary N) is 1. The summed E-state index contributed by atoms with van der Waals surface area (Å²) in [5, 5.41) is 13.5. The number of aryl methyl sites for hydroxylation is 1. The highest BCUT2D eigenvalue weighted by molar-refractivity contribution is 9.10. The van der Waals surface area contributed by atoms with Crippen LogP contribution in [0.2, 0.25) is 5.02 Å². The van der Waals surface area contributed by atoms with E-state index in [1.807, 2.05) is 44.2 Å². The Balaban J connectivity index is 1.80. The maximum Gasteiger partial charge on any atom is 0.266 e. The Morgan fingerprint density at radius 1 is 1.24 bits per heavy atom. The number of carbonyl (C=O) groups is 1. The molecular formula is C22H16BrClN2O2S. The van der Waals surface area contributed by atoms with Gasteiger partial charge in [0.1, 0.15) is 17.4 Å². The molecule has 0 aliphatic heterocycles. The Morgan fingerprint density at radius 2 is 1.97 bits per heavy atom. The first kappa shape index (κ1) is 21.3. The fourth-order valence-electron chi connectivity index (χ4n) is 2.49. The van der Waals surface area contributed by atoms with Crippen LogP contribution in [0.4, 0.5) is 5.69 Å². The smallest absolute Gasteiger partial charge is 0.266 e. The summed E-state index contributed by atoms with van der Waals surface area (Å²) in [6, 6.07) is 16.7. The predicted octanol–water partition coefficient (Wildman–Crippen LogP) is 7.01. The van der Waals surface area contributed by atoms with E-state index in [0.29, 0.717) is 21.6 Å². The van der Waals surface area contributed by atoms with Crippen molar-refractivity contribution in [2.45, 2.75) is 23.8 Å². The van der Waals surface area contributed by atoms with Gasteiger partial charge in [-0.2, -0.15) is 5.26 Å². The standard InChI is InChI=1S/C22H16BrClN2O2S/c1-13-4-3-5-20(14(13)2)26-21(27)15(12-25)10-17-11-19(23)22(28-17)29-18-8-6-16(24)7-9-18/h3-11H,1-2H3,(H,26,27)/b15-10-. The van der Waals surface area contributed by atoms with E-state index in [9.17, 15) is 10.1 Å². The molecule has 1 amide bonds. The topological polar surface area (TPSA) is 66.0 Å². The van der Waals surface area contributed by atoms with E-state index in [0.717, 1.165) is 20.5 Å². The highest BCUT2D eigenvalue weighted by Gasteiger charge is 2.15. The zero-order valence-corrected chi connectivity index (χ0v) is 18.8. The third kappa shape index (κ3) is 5.33. The van der Waals surface area contributed by atoms with Crippen molar-refractivity contribution in [2.75, 3.05) is 5.32 Å². The van der Waals surface area contributed by atoms with Crippen LogP contribution in [0.3, 0.4) is 0 Å². The summed E-state index contributed by atoms with van der Waals surface area (Å²) in [4.78, 5) is 13.5. The lowest BCUT2D eigenvalue weighted by Crippen LogP contribution is -2.14. The van der Waals surface area contributed by atoms with Crippen LogP contribution in [0.15, 0.2) is 73.0 Å². The predicted molar refractivity (Wildman–Crippen MR) is 120 cm³/mol. The number of nitriles is 1. The molecule has 0 unspecified atom stereocenters. The number of hydrogen-bond donors (Lipinski definition) is 1. The third-order valence-corrected chi connectivity index (χ3v) is 6.30. The van der Waals surface area contributed by atoms with Crippen LogP contribution in [-0.4, -0.2) is 5.91 Å². The summed E-state index contributed by atoms with van der Waals surface area (Å²) in [5.41, 5.74) is 2.65. The lowest BCUT2D eigenvalue weighted by molar-refractivity contribution is -0.112. The molecule has 3 aromatic rings. The van der Waals surface area contributed by atoms with Crippen LogP contribution < -0.4 is 5.32 Å². The minimum absolute atomic E-state index is 0.0461. The minimum Gasteiger partial charge on any atom is -0.449 e. The second-order valence-electron chi connectivity index (χ2n) is 6.21. The van der Waals surface area contributed by atoms with Gasteiger partial charge in [0.05, 0.1) is 4.47 Å². The molecular weight excluding hydrogens is 472 g/mol. The summed E-state index contributed by atoms with van der Waals surface area (Å²) in [6.45, 7) is 3.89. The normalized spacial score (nSPS) is 11.2. The van der Waals surface area contributed by atoms with Crippen molar-refractivity contribution in [2.24, 2.45) is 0 Å². The Morgan fingerprint density at radius 3 is 2.66 bits per heavy atom. The van der Waals surface area contributed by atoms with Crippen molar-refractivity contribution in [1.82, 2.24) is 0 Å². The minimum atomic E-state index is -0.486. The van der Waals surface area contributed by atoms with Gasteiger partial charge in [0.2, 0.25) is 0 Å². The van der Waals surface area contributed by atoms with E-state index >= 15 is 0 Å².